The Morgan fingerprint density at radius 3 is 1.77 bits per heavy atom. The van der Waals surface area contributed by atoms with Gasteiger partial charge in [-0.3, -0.25) is 4.79 Å². The van der Waals surface area contributed by atoms with Crippen LogP contribution in [0.15, 0.2) is 103 Å². The van der Waals surface area contributed by atoms with Crippen molar-refractivity contribution in [3.05, 3.63) is 109 Å². The van der Waals surface area contributed by atoms with E-state index in [2.05, 4.69) is 81.4 Å². The summed E-state index contributed by atoms with van der Waals surface area (Å²) in [5, 5.41) is 2.57. The second kappa shape index (κ2) is 10.5. The van der Waals surface area contributed by atoms with E-state index < -0.39 is 8.32 Å². The van der Waals surface area contributed by atoms with Crippen LogP contribution in [0.25, 0.3) is 0 Å². The number of benzene rings is 3. The fourth-order valence-corrected chi connectivity index (χ4v) is 8.68. The van der Waals surface area contributed by atoms with Gasteiger partial charge in [-0.05, 0) is 34.3 Å². The minimum atomic E-state index is -2.47. The average molecular weight is 429 g/mol. The Balaban J connectivity index is 1.73. The van der Waals surface area contributed by atoms with Crippen LogP contribution >= 0.6 is 0 Å². The quantitative estimate of drug-likeness (QED) is 0.187. The Labute approximate surface area is 187 Å². The number of unbranched alkanes of at least 4 members (excludes halogenated alkanes) is 1. The van der Waals surface area contributed by atoms with E-state index in [0.29, 0.717) is 6.61 Å². The lowest BCUT2D eigenvalue weighted by atomic mass is 10.1. The summed E-state index contributed by atoms with van der Waals surface area (Å²) in [6, 6.07) is 30.8. The lowest BCUT2D eigenvalue weighted by Crippen LogP contribution is -2.66. The van der Waals surface area contributed by atoms with Crippen molar-refractivity contribution in [3.63, 3.8) is 0 Å². The molecule has 0 N–H and O–H groups in total. The molecule has 0 bridgehead atoms. The summed E-state index contributed by atoms with van der Waals surface area (Å²) < 4.78 is 6.88. The highest BCUT2D eigenvalue weighted by atomic mass is 28.4. The molecule has 0 aliphatic heterocycles. The van der Waals surface area contributed by atoms with Crippen molar-refractivity contribution in [1.82, 2.24) is 0 Å². The minimum Gasteiger partial charge on any atom is -0.407 e. The molecule has 3 heteroatoms. The molecule has 3 rings (SSSR count). The van der Waals surface area contributed by atoms with E-state index in [1.165, 1.54) is 10.4 Å². The van der Waals surface area contributed by atoms with Crippen molar-refractivity contribution in [1.29, 1.82) is 0 Å². The molecular weight excluding hydrogens is 396 g/mol. The van der Waals surface area contributed by atoms with Crippen LogP contribution in [-0.4, -0.2) is 20.7 Å². The first-order chi connectivity index (χ1) is 14.9. The fourth-order valence-electron chi connectivity index (χ4n) is 4.08. The van der Waals surface area contributed by atoms with Crippen LogP contribution in [0.1, 0.15) is 44.0 Å². The van der Waals surface area contributed by atoms with E-state index in [4.69, 9.17) is 4.43 Å². The highest BCUT2D eigenvalue weighted by Gasteiger charge is 2.49. The summed E-state index contributed by atoms with van der Waals surface area (Å²) in [6.07, 6.45) is 5.34. The van der Waals surface area contributed by atoms with Gasteiger partial charge in [0, 0.05) is 12.2 Å². The highest BCUT2D eigenvalue weighted by Crippen LogP contribution is 2.36. The monoisotopic (exact) mass is 428 g/mol. The summed E-state index contributed by atoms with van der Waals surface area (Å²) in [7, 11) is -2.47. The van der Waals surface area contributed by atoms with Crippen molar-refractivity contribution in [2.75, 3.05) is 6.61 Å². The van der Waals surface area contributed by atoms with Crippen molar-refractivity contribution < 1.29 is 9.22 Å². The van der Waals surface area contributed by atoms with Crippen molar-refractivity contribution in [2.24, 2.45) is 0 Å². The third-order valence-electron chi connectivity index (χ3n) is 5.58. The zero-order chi connectivity index (χ0) is 22.2. The van der Waals surface area contributed by atoms with Crippen LogP contribution in [0.2, 0.25) is 5.04 Å². The third kappa shape index (κ3) is 5.49. The summed E-state index contributed by atoms with van der Waals surface area (Å²) >= 11 is 0. The molecule has 0 saturated carbocycles. The molecule has 0 heterocycles. The smallest absolute Gasteiger partial charge is 0.261 e. The van der Waals surface area contributed by atoms with Crippen LogP contribution in [0.4, 0.5) is 0 Å². The Bertz CT molecular complexity index is 934. The molecule has 0 spiro atoms. The molecule has 160 valence electrons. The minimum absolute atomic E-state index is 0.0190. The molecule has 0 fully saturated rings. The molecule has 0 amide bonds. The van der Waals surface area contributed by atoms with Crippen molar-refractivity contribution >= 4 is 24.5 Å². The predicted octanol–water partition coefficient (Wildman–Crippen LogP) is 5.78. The molecule has 0 saturated heterocycles. The van der Waals surface area contributed by atoms with Gasteiger partial charge in [0.05, 0.1) is 0 Å². The third-order valence-corrected chi connectivity index (χ3v) is 10.6. The maximum absolute atomic E-state index is 12.2. The first kappa shape index (κ1) is 22.9. The Hall–Kier alpha value is -2.75. The normalized spacial score (nSPS) is 12.2. The number of ketones is 1. The first-order valence-corrected chi connectivity index (χ1v) is 12.9. The van der Waals surface area contributed by atoms with E-state index in [0.717, 1.165) is 18.4 Å². The van der Waals surface area contributed by atoms with Crippen LogP contribution in [-0.2, 0) is 4.43 Å². The van der Waals surface area contributed by atoms with Gasteiger partial charge in [-0.2, -0.15) is 0 Å². The van der Waals surface area contributed by atoms with Crippen LogP contribution < -0.4 is 10.4 Å². The van der Waals surface area contributed by atoms with E-state index in [9.17, 15) is 4.79 Å². The summed E-state index contributed by atoms with van der Waals surface area (Å²) in [6.45, 7) is 7.53. The average Bonchev–Trinajstić information content (AvgIpc) is 2.79. The molecule has 0 aliphatic rings. The van der Waals surface area contributed by atoms with Gasteiger partial charge in [-0.1, -0.05) is 118 Å². The number of carbonyl (C=O) groups excluding carboxylic acids is 1. The predicted molar refractivity (Wildman–Crippen MR) is 133 cm³/mol. The largest absolute Gasteiger partial charge is 0.407 e. The van der Waals surface area contributed by atoms with Crippen LogP contribution in [0, 0.1) is 0 Å². The van der Waals surface area contributed by atoms with E-state index in [1.807, 2.05) is 36.4 Å². The molecular formula is C28H32O2Si. The maximum atomic E-state index is 12.2. The number of hydrogen-bond donors (Lipinski definition) is 0. The van der Waals surface area contributed by atoms with Gasteiger partial charge < -0.3 is 4.43 Å². The zero-order valence-electron chi connectivity index (χ0n) is 18.8. The fraction of sp³-hybridized carbons (Fsp3) is 0.250. The molecule has 0 radical (unpaired) electrons. The Morgan fingerprint density at radius 2 is 1.29 bits per heavy atom. The molecule has 0 unspecified atom stereocenters. The summed E-state index contributed by atoms with van der Waals surface area (Å²) in [4.78, 5) is 12.2. The van der Waals surface area contributed by atoms with Gasteiger partial charge in [0.1, 0.15) is 0 Å². The van der Waals surface area contributed by atoms with E-state index in [-0.39, 0.29) is 10.8 Å². The lowest BCUT2D eigenvalue weighted by molar-refractivity contribution is 0.104. The number of hydrogen-bond acceptors (Lipinski definition) is 2. The van der Waals surface area contributed by atoms with Gasteiger partial charge in [0.25, 0.3) is 8.32 Å². The summed E-state index contributed by atoms with van der Waals surface area (Å²) in [5.74, 6) is 0.0495. The van der Waals surface area contributed by atoms with E-state index in [1.54, 1.807) is 6.08 Å². The number of allylic oxidation sites excluding steroid dienone is 2. The summed E-state index contributed by atoms with van der Waals surface area (Å²) in [5.41, 5.74) is 0.724. The van der Waals surface area contributed by atoms with Gasteiger partial charge in [0.15, 0.2) is 5.78 Å². The van der Waals surface area contributed by atoms with Crippen molar-refractivity contribution in [3.8, 4) is 0 Å². The highest BCUT2D eigenvalue weighted by molar-refractivity contribution is 6.99. The van der Waals surface area contributed by atoms with Gasteiger partial charge in [-0.25, -0.2) is 0 Å². The van der Waals surface area contributed by atoms with Crippen LogP contribution in [0.5, 0.6) is 0 Å². The Kier molecular flexibility index (Phi) is 7.78. The standard InChI is InChI=1S/C28H32O2Si/c1-28(2,3)31(25-18-10-5-11-19-25,26-20-12-6-13-21-26)30-23-15-7-14-22-27(29)24-16-8-4-9-17-24/h4-6,8-14,16-22H,7,15,23H2,1-3H3/b22-14+. The van der Waals surface area contributed by atoms with E-state index >= 15 is 0 Å². The number of carbonyl (C=O) groups is 1. The second-order valence-corrected chi connectivity index (χ2v) is 13.1. The zero-order valence-corrected chi connectivity index (χ0v) is 19.8. The Morgan fingerprint density at radius 1 is 0.806 bits per heavy atom. The maximum Gasteiger partial charge on any atom is 0.261 e. The van der Waals surface area contributed by atoms with Crippen LogP contribution in [0.3, 0.4) is 0 Å². The SMILES string of the molecule is CC(C)(C)[Si](OCCC/C=C/C(=O)c1ccccc1)(c1ccccc1)c1ccccc1. The van der Waals surface area contributed by atoms with Gasteiger partial charge >= 0.3 is 0 Å². The topological polar surface area (TPSA) is 26.3 Å². The number of rotatable bonds is 9. The molecule has 3 aromatic rings. The molecule has 2 nitrogen and oxygen atoms in total. The van der Waals surface area contributed by atoms with Crippen molar-refractivity contribution in [2.45, 2.75) is 38.7 Å². The molecule has 0 aliphatic carbocycles. The molecule has 0 aromatic heterocycles. The van der Waals surface area contributed by atoms with Gasteiger partial charge in [-0.15, -0.1) is 0 Å². The first-order valence-electron chi connectivity index (χ1n) is 11.0. The molecule has 3 aromatic carbocycles. The molecule has 31 heavy (non-hydrogen) atoms. The van der Waals surface area contributed by atoms with Gasteiger partial charge in [0.2, 0.25) is 0 Å². The lowest BCUT2D eigenvalue weighted by Gasteiger charge is -2.43. The second-order valence-electron chi connectivity index (χ2n) is 8.79. The molecule has 0 atom stereocenters.